The highest BCUT2D eigenvalue weighted by molar-refractivity contribution is 5.94. The summed E-state index contributed by atoms with van der Waals surface area (Å²) in [4.78, 5) is 26.0. The lowest BCUT2D eigenvalue weighted by Gasteiger charge is -2.31. The maximum absolute atomic E-state index is 12.6. The van der Waals surface area contributed by atoms with E-state index < -0.39 is 11.7 Å². The Bertz CT molecular complexity index is 616. The molecule has 1 aliphatic heterocycles. The predicted molar refractivity (Wildman–Crippen MR) is 81.2 cm³/mol. The van der Waals surface area contributed by atoms with Gasteiger partial charge in [0.1, 0.15) is 0 Å². The molecule has 4 nitrogen and oxygen atoms in total. The number of nitrogens with zero attached hydrogens (tertiary/aromatic N) is 1. The molecular formula is C17H19F3N2O2. The number of carbonyl (C=O) groups excluding carboxylic acids is 2. The zero-order valence-electron chi connectivity index (χ0n) is 13.1. The molecule has 2 aliphatic rings. The number of amides is 2. The standard InChI is InChI=1S/C17H19F3N2O2/c18-17(19,20)13-3-1-12(2-4-13)16(24)22-9-7-11(8-10-22)15(23)21-14-5-6-14/h1-4,11,14H,5-10H2,(H,21,23). The van der Waals surface area contributed by atoms with Crippen molar-refractivity contribution in [1.82, 2.24) is 10.2 Å². The zero-order chi connectivity index (χ0) is 17.3. The molecule has 2 amide bonds. The van der Waals surface area contributed by atoms with Crippen molar-refractivity contribution >= 4 is 11.8 Å². The highest BCUT2D eigenvalue weighted by Gasteiger charge is 2.32. The Morgan fingerprint density at radius 3 is 2.08 bits per heavy atom. The van der Waals surface area contributed by atoms with Crippen molar-refractivity contribution in [2.45, 2.75) is 37.9 Å². The number of benzene rings is 1. The number of hydrogen-bond donors (Lipinski definition) is 1. The van der Waals surface area contributed by atoms with Crippen LogP contribution in [0.5, 0.6) is 0 Å². The van der Waals surface area contributed by atoms with Crippen LogP contribution < -0.4 is 5.32 Å². The van der Waals surface area contributed by atoms with Gasteiger partial charge in [0.2, 0.25) is 5.91 Å². The fourth-order valence-corrected chi connectivity index (χ4v) is 2.88. The second-order valence-corrected chi connectivity index (χ2v) is 6.42. The van der Waals surface area contributed by atoms with E-state index in [1.165, 1.54) is 12.1 Å². The molecule has 0 aromatic heterocycles. The average molecular weight is 340 g/mol. The first-order valence-electron chi connectivity index (χ1n) is 8.11. The Hall–Kier alpha value is -2.05. The third-order valence-electron chi connectivity index (χ3n) is 4.54. The van der Waals surface area contributed by atoms with Crippen LogP contribution in [0.2, 0.25) is 0 Å². The summed E-state index contributed by atoms with van der Waals surface area (Å²) in [7, 11) is 0. The highest BCUT2D eigenvalue weighted by Crippen LogP contribution is 2.29. The largest absolute Gasteiger partial charge is 0.416 e. The van der Waals surface area contributed by atoms with Crippen molar-refractivity contribution in [2.24, 2.45) is 5.92 Å². The van der Waals surface area contributed by atoms with Crippen LogP contribution in [0, 0.1) is 5.92 Å². The number of halogens is 3. The number of piperidine rings is 1. The molecule has 0 atom stereocenters. The first-order chi connectivity index (χ1) is 11.3. The van der Waals surface area contributed by atoms with Gasteiger partial charge in [-0.1, -0.05) is 0 Å². The molecular weight excluding hydrogens is 321 g/mol. The van der Waals surface area contributed by atoms with E-state index in [4.69, 9.17) is 0 Å². The summed E-state index contributed by atoms with van der Waals surface area (Å²) in [5.74, 6) is -0.314. The highest BCUT2D eigenvalue weighted by atomic mass is 19.4. The van der Waals surface area contributed by atoms with Crippen molar-refractivity contribution in [3.8, 4) is 0 Å². The Labute approximate surface area is 138 Å². The van der Waals surface area contributed by atoms with E-state index >= 15 is 0 Å². The van der Waals surface area contributed by atoms with E-state index in [-0.39, 0.29) is 23.3 Å². The summed E-state index contributed by atoms with van der Waals surface area (Å²) in [5.41, 5.74) is -0.529. The molecule has 3 rings (SSSR count). The molecule has 1 aromatic rings. The predicted octanol–water partition coefficient (Wildman–Crippen LogP) is 2.84. The normalized spacial score (nSPS) is 19.2. The van der Waals surface area contributed by atoms with Crippen LogP contribution in [0.4, 0.5) is 13.2 Å². The van der Waals surface area contributed by atoms with Crippen LogP contribution in [0.25, 0.3) is 0 Å². The van der Waals surface area contributed by atoms with Gasteiger partial charge < -0.3 is 10.2 Å². The summed E-state index contributed by atoms with van der Waals surface area (Å²) < 4.78 is 37.7. The Morgan fingerprint density at radius 1 is 1.00 bits per heavy atom. The van der Waals surface area contributed by atoms with E-state index in [1.54, 1.807) is 4.90 Å². The Morgan fingerprint density at radius 2 is 1.58 bits per heavy atom. The van der Waals surface area contributed by atoms with Crippen LogP contribution in [0.1, 0.15) is 41.6 Å². The number of nitrogens with one attached hydrogen (secondary N) is 1. The SMILES string of the molecule is O=C(NC1CC1)C1CCN(C(=O)c2ccc(C(F)(F)F)cc2)CC1. The molecule has 2 fully saturated rings. The molecule has 24 heavy (non-hydrogen) atoms. The summed E-state index contributed by atoms with van der Waals surface area (Å²) in [6, 6.07) is 4.57. The van der Waals surface area contributed by atoms with Crippen LogP contribution in [0.3, 0.4) is 0 Å². The van der Waals surface area contributed by atoms with Crippen LogP contribution in [-0.4, -0.2) is 35.8 Å². The van der Waals surface area contributed by atoms with Gasteiger partial charge in [-0.05, 0) is 49.9 Å². The molecule has 0 unspecified atom stereocenters. The molecule has 1 N–H and O–H groups in total. The van der Waals surface area contributed by atoms with Gasteiger partial charge in [0, 0.05) is 30.6 Å². The average Bonchev–Trinajstić information content (AvgIpc) is 3.37. The van der Waals surface area contributed by atoms with Crippen molar-refractivity contribution in [3.05, 3.63) is 35.4 Å². The second kappa shape index (κ2) is 6.45. The van der Waals surface area contributed by atoms with Gasteiger partial charge in [-0.25, -0.2) is 0 Å². The molecule has 7 heteroatoms. The lowest BCUT2D eigenvalue weighted by atomic mass is 9.95. The van der Waals surface area contributed by atoms with Crippen molar-refractivity contribution in [1.29, 1.82) is 0 Å². The Balaban J connectivity index is 1.55. The van der Waals surface area contributed by atoms with Gasteiger partial charge in [0.05, 0.1) is 5.56 Å². The fourth-order valence-electron chi connectivity index (χ4n) is 2.88. The molecule has 1 aromatic carbocycles. The van der Waals surface area contributed by atoms with Gasteiger partial charge in [0.25, 0.3) is 5.91 Å². The molecule has 0 bridgehead atoms. The minimum absolute atomic E-state index is 0.0547. The lowest BCUT2D eigenvalue weighted by molar-refractivity contribution is -0.137. The quantitative estimate of drug-likeness (QED) is 0.920. The summed E-state index contributed by atoms with van der Waals surface area (Å²) in [6.07, 6.45) is -1.15. The molecule has 1 heterocycles. The van der Waals surface area contributed by atoms with E-state index in [1.807, 2.05) is 0 Å². The molecule has 1 aliphatic carbocycles. The molecule has 1 saturated heterocycles. The Kier molecular flexibility index (Phi) is 4.51. The van der Waals surface area contributed by atoms with Gasteiger partial charge in [-0.2, -0.15) is 13.2 Å². The summed E-state index contributed by atoms with van der Waals surface area (Å²) >= 11 is 0. The first kappa shape index (κ1) is 16.8. The number of hydrogen-bond acceptors (Lipinski definition) is 2. The van der Waals surface area contributed by atoms with Crippen LogP contribution >= 0.6 is 0 Å². The van der Waals surface area contributed by atoms with E-state index in [0.29, 0.717) is 32.0 Å². The summed E-state index contributed by atoms with van der Waals surface area (Å²) in [5, 5.41) is 2.97. The van der Waals surface area contributed by atoms with Crippen molar-refractivity contribution in [2.75, 3.05) is 13.1 Å². The van der Waals surface area contributed by atoms with E-state index in [9.17, 15) is 22.8 Å². The van der Waals surface area contributed by atoms with Gasteiger partial charge in [-0.15, -0.1) is 0 Å². The lowest BCUT2D eigenvalue weighted by Crippen LogP contribution is -2.43. The van der Waals surface area contributed by atoms with E-state index in [0.717, 1.165) is 25.0 Å². The number of likely N-dealkylation sites (tertiary alicyclic amines) is 1. The topological polar surface area (TPSA) is 49.4 Å². The molecule has 1 saturated carbocycles. The van der Waals surface area contributed by atoms with Crippen molar-refractivity contribution < 1.29 is 22.8 Å². The fraction of sp³-hybridized carbons (Fsp3) is 0.529. The van der Waals surface area contributed by atoms with Gasteiger partial charge in [-0.3, -0.25) is 9.59 Å². The number of alkyl halides is 3. The number of rotatable bonds is 3. The third-order valence-corrected chi connectivity index (χ3v) is 4.54. The zero-order valence-corrected chi connectivity index (χ0v) is 13.1. The maximum atomic E-state index is 12.6. The van der Waals surface area contributed by atoms with Crippen LogP contribution in [-0.2, 0) is 11.0 Å². The van der Waals surface area contributed by atoms with E-state index in [2.05, 4.69) is 5.32 Å². The number of carbonyl (C=O) groups is 2. The molecule has 130 valence electrons. The first-order valence-corrected chi connectivity index (χ1v) is 8.11. The monoisotopic (exact) mass is 340 g/mol. The second-order valence-electron chi connectivity index (χ2n) is 6.42. The summed E-state index contributed by atoms with van der Waals surface area (Å²) in [6.45, 7) is 0.894. The van der Waals surface area contributed by atoms with Crippen LogP contribution in [0.15, 0.2) is 24.3 Å². The third kappa shape index (κ3) is 3.88. The minimum Gasteiger partial charge on any atom is -0.353 e. The smallest absolute Gasteiger partial charge is 0.353 e. The maximum Gasteiger partial charge on any atom is 0.416 e. The molecule has 0 radical (unpaired) electrons. The van der Waals surface area contributed by atoms with Gasteiger partial charge in [0.15, 0.2) is 0 Å². The minimum atomic E-state index is -4.41. The molecule has 0 spiro atoms. The van der Waals surface area contributed by atoms with Crippen molar-refractivity contribution in [3.63, 3.8) is 0 Å². The van der Waals surface area contributed by atoms with Gasteiger partial charge >= 0.3 is 6.18 Å².